The first-order valence-corrected chi connectivity index (χ1v) is 9.70. The second-order valence-electron chi connectivity index (χ2n) is 5.01. The van der Waals surface area contributed by atoms with Crippen LogP contribution in [-0.4, -0.2) is 47.3 Å². The van der Waals surface area contributed by atoms with Gasteiger partial charge in [0.05, 0.1) is 19.4 Å². The summed E-state index contributed by atoms with van der Waals surface area (Å²) in [6, 6.07) is 0. The lowest BCUT2D eigenvalue weighted by molar-refractivity contribution is 0.0928. The molecule has 0 saturated carbocycles. The zero-order valence-corrected chi connectivity index (χ0v) is 13.1. The van der Waals surface area contributed by atoms with Crippen molar-refractivity contribution in [2.45, 2.75) is 52.2 Å². The van der Waals surface area contributed by atoms with E-state index in [-0.39, 0.29) is 0 Å². The molecule has 0 radical (unpaired) electrons. The molecule has 108 valence electrons. The molecule has 0 aromatic heterocycles. The fourth-order valence-electron chi connectivity index (χ4n) is 1.53. The van der Waals surface area contributed by atoms with E-state index in [1.54, 1.807) is 0 Å². The highest BCUT2D eigenvalue weighted by atomic mass is 28.4. The molecule has 0 aromatic carbocycles. The molecular formula is C13H28O4Si. The summed E-state index contributed by atoms with van der Waals surface area (Å²) in [6.07, 6.45) is 5.40. The summed E-state index contributed by atoms with van der Waals surface area (Å²) in [5.74, 6) is 0. The van der Waals surface area contributed by atoms with Crippen molar-refractivity contribution in [3.63, 3.8) is 0 Å². The monoisotopic (exact) mass is 276 g/mol. The van der Waals surface area contributed by atoms with Gasteiger partial charge in [0.15, 0.2) is 0 Å². The smallest absolute Gasteiger partial charge is 0.361 e. The van der Waals surface area contributed by atoms with E-state index in [1.165, 1.54) is 0 Å². The van der Waals surface area contributed by atoms with Crippen LogP contribution in [0.4, 0.5) is 0 Å². The molecule has 1 saturated heterocycles. The van der Waals surface area contributed by atoms with Gasteiger partial charge in [0.1, 0.15) is 6.10 Å². The summed E-state index contributed by atoms with van der Waals surface area (Å²) >= 11 is 0. The highest BCUT2D eigenvalue weighted by Crippen LogP contribution is 2.13. The van der Waals surface area contributed by atoms with Gasteiger partial charge in [-0.15, -0.1) is 0 Å². The first-order valence-electron chi connectivity index (χ1n) is 7.17. The molecule has 1 rings (SSSR count). The van der Waals surface area contributed by atoms with Crippen LogP contribution in [0, 0.1) is 0 Å². The second kappa shape index (κ2) is 9.04. The van der Waals surface area contributed by atoms with E-state index in [1.807, 2.05) is 0 Å². The van der Waals surface area contributed by atoms with Gasteiger partial charge >= 0.3 is 8.56 Å². The van der Waals surface area contributed by atoms with Crippen LogP contribution >= 0.6 is 0 Å². The van der Waals surface area contributed by atoms with Gasteiger partial charge in [-0.05, 0) is 19.4 Å². The Morgan fingerprint density at radius 3 is 2.11 bits per heavy atom. The van der Waals surface area contributed by atoms with Crippen LogP contribution in [-0.2, 0) is 18.3 Å². The van der Waals surface area contributed by atoms with E-state index in [0.717, 1.165) is 45.5 Å². The van der Waals surface area contributed by atoms with Crippen molar-refractivity contribution in [3.05, 3.63) is 0 Å². The minimum atomic E-state index is -2.14. The molecule has 1 heterocycles. The molecule has 0 amide bonds. The average molecular weight is 276 g/mol. The zero-order valence-electron chi connectivity index (χ0n) is 12.1. The third-order valence-corrected chi connectivity index (χ3v) is 5.24. The van der Waals surface area contributed by atoms with Crippen molar-refractivity contribution in [2.24, 2.45) is 0 Å². The molecule has 0 N–H and O–H groups in total. The number of ether oxygens (including phenoxy) is 2. The largest absolute Gasteiger partial charge is 0.393 e. The third kappa shape index (κ3) is 7.48. The Kier molecular flexibility index (Phi) is 8.09. The van der Waals surface area contributed by atoms with Crippen molar-refractivity contribution in [1.29, 1.82) is 0 Å². The molecule has 1 aliphatic heterocycles. The lowest BCUT2D eigenvalue weighted by Gasteiger charge is -2.26. The number of epoxide rings is 1. The van der Waals surface area contributed by atoms with E-state index in [4.69, 9.17) is 18.3 Å². The number of rotatable bonds is 12. The van der Waals surface area contributed by atoms with Gasteiger partial charge in [0.2, 0.25) is 0 Å². The van der Waals surface area contributed by atoms with Gasteiger partial charge in [-0.2, -0.15) is 0 Å². The van der Waals surface area contributed by atoms with Crippen LogP contribution in [0.2, 0.25) is 6.55 Å². The third-order valence-electron chi connectivity index (χ3n) is 2.88. The summed E-state index contributed by atoms with van der Waals surface area (Å²) < 4.78 is 22.7. The summed E-state index contributed by atoms with van der Waals surface area (Å²) in [6.45, 7) is 9.53. The van der Waals surface area contributed by atoms with E-state index in [9.17, 15) is 0 Å². The normalized spacial score (nSPS) is 19.2. The minimum absolute atomic E-state index is 0.314. The Hall–Kier alpha value is 0.0569. The molecule has 1 aliphatic rings. The van der Waals surface area contributed by atoms with Gasteiger partial charge in [-0.3, -0.25) is 0 Å². The van der Waals surface area contributed by atoms with Crippen LogP contribution < -0.4 is 0 Å². The molecule has 4 nitrogen and oxygen atoms in total. The lowest BCUT2D eigenvalue weighted by atomic mass is 10.4. The van der Waals surface area contributed by atoms with Crippen LogP contribution in [0.15, 0.2) is 0 Å². The Morgan fingerprint density at radius 2 is 1.67 bits per heavy atom. The molecule has 0 aromatic rings. The van der Waals surface area contributed by atoms with Gasteiger partial charge in [-0.25, -0.2) is 0 Å². The van der Waals surface area contributed by atoms with E-state index in [0.29, 0.717) is 18.9 Å². The number of hydrogen-bond acceptors (Lipinski definition) is 4. The van der Waals surface area contributed by atoms with Gasteiger partial charge in [0, 0.05) is 13.2 Å². The maximum atomic E-state index is 5.97. The standard InChI is InChI=1S/C13H28O4Si/c1-4-6-8-16-18(3,17-9-7-5-2)12-14-10-13-11-15-13/h13H,4-12H2,1-3H3. The predicted molar refractivity (Wildman–Crippen MR) is 73.9 cm³/mol. The Morgan fingerprint density at radius 1 is 1.11 bits per heavy atom. The highest BCUT2D eigenvalue weighted by Gasteiger charge is 2.33. The topological polar surface area (TPSA) is 40.2 Å². The van der Waals surface area contributed by atoms with Crippen LogP contribution in [0.5, 0.6) is 0 Å². The van der Waals surface area contributed by atoms with Crippen LogP contribution in [0.3, 0.4) is 0 Å². The molecule has 0 aliphatic carbocycles. The van der Waals surface area contributed by atoms with Crippen molar-refractivity contribution in [3.8, 4) is 0 Å². The van der Waals surface area contributed by atoms with Crippen molar-refractivity contribution in [2.75, 3.05) is 32.7 Å². The molecular weight excluding hydrogens is 248 g/mol. The van der Waals surface area contributed by atoms with Gasteiger partial charge in [0.25, 0.3) is 0 Å². The average Bonchev–Trinajstić information content (AvgIpc) is 3.14. The quantitative estimate of drug-likeness (QED) is 0.312. The molecule has 0 spiro atoms. The van der Waals surface area contributed by atoms with Gasteiger partial charge < -0.3 is 18.3 Å². The van der Waals surface area contributed by atoms with Crippen LogP contribution in [0.1, 0.15) is 39.5 Å². The summed E-state index contributed by atoms with van der Waals surface area (Å²) in [5, 5.41) is 0. The molecule has 1 fully saturated rings. The van der Waals surface area contributed by atoms with Crippen LogP contribution in [0.25, 0.3) is 0 Å². The molecule has 5 heteroatoms. The fraction of sp³-hybridized carbons (Fsp3) is 1.00. The highest BCUT2D eigenvalue weighted by molar-refractivity contribution is 6.65. The van der Waals surface area contributed by atoms with Crippen molar-refractivity contribution >= 4 is 8.56 Å². The maximum absolute atomic E-state index is 5.97. The summed E-state index contributed by atoms with van der Waals surface area (Å²) in [5.41, 5.74) is 0. The molecule has 0 bridgehead atoms. The van der Waals surface area contributed by atoms with Crippen molar-refractivity contribution < 1.29 is 18.3 Å². The Balaban J connectivity index is 2.22. The number of unbranched alkanes of at least 4 members (excludes halogenated alkanes) is 2. The lowest BCUT2D eigenvalue weighted by Crippen LogP contribution is -2.45. The summed E-state index contributed by atoms with van der Waals surface area (Å²) in [4.78, 5) is 0. The van der Waals surface area contributed by atoms with E-state index >= 15 is 0 Å². The van der Waals surface area contributed by atoms with E-state index < -0.39 is 8.56 Å². The Bertz CT molecular complexity index is 199. The molecule has 18 heavy (non-hydrogen) atoms. The van der Waals surface area contributed by atoms with E-state index in [2.05, 4.69) is 20.4 Å². The summed E-state index contributed by atoms with van der Waals surface area (Å²) in [7, 11) is -2.14. The second-order valence-corrected chi connectivity index (χ2v) is 8.14. The zero-order chi connectivity index (χ0) is 13.3. The predicted octanol–water partition coefficient (Wildman–Crippen LogP) is 2.65. The molecule has 1 atom stereocenters. The Labute approximate surface area is 112 Å². The first-order chi connectivity index (χ1) is 8.70. The van der Waals surface area contributed by atoms with Crippen molar-refractivity contribution in [1.82, 2.24) is 0 Å². The molecule has 1 unspecified atom stereocenters. The minimum Gasteiger partial charge on any atom is -0.393 e. The first kappa shape index (κ1) is 16.1. The SMILES string of the molecule is CCCCO[Si](C)(COCC1CO1)OCCCC. The fourth-order valence-corrected chi connectivity index (χ4v) is 3.42. The maximum Gasteiger partial charge on any atom is 0.361 e. The number of hydrogen-bond donors (Lipinski definition) is 0. The van der Waals surface area contributed by atoms with Gasteiger partial charge in [-0.1, -0.05) is 26.7 Å².